The zero-order valence-corrected chi connectivity index (χ0v) is 12.2. The molecule has 0 aromatic heterocycles. The minimum Gasteiger partial charge on any atom is -0.396 e. The molecule has 21 heavy (non-hydrogen) atoms. The Morgan fingerprint density at radius 1 is 1.33 bits per heavy atom. The highest BCUT2D eigenvalue weighted by Crippen LogP contribution is 2.40. The Hall–Kier alpha value is -1.39. The number of likely N-dealkylation sites (tertiary alicyclic amines) is 1. The number of fused-ring (bicyclic) bond motifs is 2. The van der Waals surface area contributed by atoms with Crippen LogP contribution in [0, 0.1) is 17.3 Å². The Bertz CT molecular complexity index is 549. The van der Waals surface area contributed by atoms with Gasteiger partial charge in [0.2, 0.25) is 5.91 Å². The summed E-state index contributed by atoms with van der Waals surface area (Å²) in [5, 5.41) is 13.1. The number of carbonyl (C=O) groups excluding carboxylic acids is 1. The molecule has 2 atom stereocenters. The van der Waals surface area contributed by atoms with Gasteiger partial charge in [-0.1, -0.05) is 24.3 Å². The molecule has 3 aliphatic rings. The van der Waals surface area contributed by atoms with Gasteiger partial charge in [-0.2, -0.15) is 0 Å². The molecule has 4 heteroatoms. The lowest BCUT2D eigenvalue weighted by Crippen LogP contribution is -2.40. The fraction of sp³-hybridized carbons (Fsp3) is 0.588. The molecule has 0 bridgehead atoms. The van der Waals surface area contributed by atoms with E-state index in [0.29, 0.717) is 12.5 Å². The summed E-state index contributed by atoms with van der Waals surface area (Å²) in [4.78, 5) is 14.8. The smallest absolute Gasteiger partial charge is 0.226 e. The number of hydrogen-bond donors (Lipinski definition) is 2. The van der Waals surface area contributed by atoms with Gasteiger partial charge in [-0.05, 0) is 29.9 Å². The third kappa shape index (κ3) is 2.00. The number of nitrogens with one attached hydrogen (secondary N) is 1. The van der Waals surface area contributed by atoms with Crippen LogP contribution in [0.1, 0.15) is 11.1 Å². The average Bonchev–Trinajstić information content (AvgIpc) is 3.17. The monoisotopic (exact) mass is 286 g/mol. The Labute approximate surface area is 125 Å². The molecule has 4 nitrogen and oxygen atoms in total. The van der Waals surface area contributed by atoms with E-state index >= 15 is 0 Å². The normalized spacial score (nSPS) is 31.5. The van der Waals surface area contributed by atoms with Crippen LogP contribution in [-0.2, 0) is 17.6 Å². The van der Waals surface area contributed by atoms with Crippen molar-refractivity contribution in [2.75, 3.05) is 32.8 Å². The summed E-state index contributed by atoms with van der Waals surface area (Å²) in [7, 11) is 0. The largest absolute Gasteiger partial charge is 0.396 e. The number of benzene rings is 1. The highest BCUT2D eigenvalue weighted by molar-refractivity contribution is 5.81. The van der Waals surface area contributed by atoms with E-state index in [0.717, 1.165) is 32.5 Å². The van der Waals surface area contributed by atoms with Crippen molar-refractivity contribution >= 4 is 5.91 Å². The first-order valence-corrected chi connectivity index (χ1v) is 7.89. The lowest BCUT2D eigenvalue weighted by molar-refractivity contribution is -0.134. The van der Waals surface area contributed by atoms with E-state index in [4.69, 9.17) is 0 Å². The molecular formula is C17H22N2O2. The third-order valence-corrected chi connectivity index (χ3v) is 5.71. The third-order valence-electron chi connectivity index (χ3n) is 5.71. The number of aliphatic hydroxyl groups excluding tert-OH is 1. The Morgan fingerprint density at radius 2 is 2.05 bits per heavy atom. The standard InChI is InChI=1S/C17H22N2O2/c20-11-17-9-18-7-15(17)8-19(10-17)16(21)14-5-12-3-1-2-4-13(12)6-14/h1-4,14-15,18,20H,5-11H2. The van der Waals surface area contributed by atoms with Crippen molar-refractivity contribution in [3.8, 4) is 0 Å². The van der Waals surface area contributed by atoms with Crippen LogP contribution >= 0.6 is 0 Å². The van der Waals surface area contributed by atoms with Gasteiger partial charge in [-0.3, -0.25) is 4.79 Å². The van der Waals surface area contributed by atoms with Gasteiger partial charge in [0.05, 0.1) is 6.61 Å². The van der Waals surface area contributed by atoms with E-state index in [2.05, 4.69) is 29.6 Å². The summed E-state index contributed by atoms with van der Waals surface area (Å²) < 4.78 is 0. The van der Waals surface area contributed by atoms with Crippen LogP contribution in [0.25, 0.3) is 0 Å². The summed E-state index contributed by atoms with van der Waals surface area (Å²) in [6, 6.07) is 8.39. The maximum absolute atomic E-state index is 12.8. The van der Waals surface area contributed by atoms with E-state index in [1.807, 2.05) is 4.90 Å². The molecule has 1 aromatic rings. The Kier molecular flexibility index (Phi) is 3.05. The van der Waals surface area contributed by atoms with Gasteiger partial charge >= 0.3 is 0 Å². The van der Waals surface area contributed by atoms with Crippen molar-refractivity contribution in [3.05, 3.63) is 35.4 Å². The number of rotatable bonds is 2. The van der Waals surface area contributed by atoms with E-state index < -0.39 is 0 Å². The first-order chi connectivity index (χ1) is 10.2. The van der Waals surface area contributed by atoms with E-state index in [1.54, 1.807) is 0 Å². The molecule has 1 aromatic carbocycles. The lowest BCUT2D eigenvalue weighted by atomic mass is 9.82. The van der Waals surface area contributed by atoms with Gasteiger partial charge in [0, 0.05) is 37.5 Å². The van der Waals surface area contributed by atoms with E-state index in [1.165, 1.54) is 11.1 Å². The lowest BCUT2D eigenvalue weighted by Gasteiger charge is -2.26. The summed E-state index contributed by atoms with van der Waals surface area (Å²) in [5.41, 5.74) is 2.56. The first-order valence-electron chi connectivity index (χ1n) is 7.89. The predicted octanol–water partition coefficient (Wildman–Crippen LogP) is 0.442. The molecule has 0 spiro atoms. The molecule has 2 unspecified atom stereocenters. The molecule has 1 aliphatic carbocycles. The molecule has 112 valence electrons. The van der Waals surface area contributed by atoms with E-state index in [-0.39, 0.29) is 23.8 Å². The second kappa shape index (κ2) is 4.82. The van der Waals surface area contributed by atoms with Crippen LogP contribution in [0.4, 0.5) is 0 Å². The number of carbonyl (C=O) groups is 1. The average molecular weight is 286 g/mol. The van der Waals surface area contributed by atoms with Gasteiger partial charge in [0.1, 0.15) is 0 Å². The fourth-order valence-corrected chi connectivity index (χ4v) is 4.40. The number of aliphatic hydroxyl groups is 1. The minimum absolute atomic E-state index is 0.0961. The van der Waals surface area contributed by atoms with Crippen molar-refractivity contribution in [2.24, 2.45) is 17.3 Å². The number of amides is 1. The zero-order valence-electron chi connectivity index (χ0n) is 12.2. The van der Waals surface area contributed by atoms with Crippen LogP contribution in [0.5, 0.6) is 0 Å². The summed E-state index contributed by atoms with van der Waals surface area (Å²) in [6.07, 6.45) is 1.75. The predicted molar refractivity (Wildman–Crippen MR) is 79.8 cm³/mol. The van der Waals surface area contributed by atoms with Gasteiger partial charge in [-0.25, -0.2) is 0 Å². The molecule has 4 rings (SSSR count). The maximum atomic E-state index is 12.8. The second-order valence-corrected chi connectivity index (χ2v) is 6.94. The SMILES string of the molecule is O=C(C1Cc2ccccc2C1)N1CC2CNCC2(CO)C1. The minimum atomic E-state index is -0.0961. The number of hydrogen-bond acceptors (Lipinski definition) is 3. The summed E-state index contributed by atoms with van der Waals surface area (Å²) in [5.74, 6) is 0.800. The molecule has 2 saturated heterocycles. The fourth-order valence-electron chi connectivity index (χ4n) is 4.40. The molecule has 2 heterocycles. The van der Waals surface area contributed by atoms with Gasteiger partial charge in [0.15, 0.2) is 0 Å². The van der Waals surface area contributed by atoms with E-state index in [9.17, 15) is 9.90 Å². The summed E-state index contributed by atoms with van der Waals surface area (Å²) in [6.45, 7) is 3.46. The Balaban J connectivity index is 1.48. The van der Waals surface area contributed by atoms with Crippen LogP contribution in [0.2, 0.25) is 0 Å². The molecule has 1 amide bonds. The van der Waals surface area contributed by atoms with Gasteiger partial charge in [0.25, 0.3) is 0 Å². The van der Waals surface area contributed by atoms with Crippen LogP contribution < -0.4 is 5.32 Å². The van der Waals surface area contributed by atoms with Crippen LogP contribution in [0.15, 0.2) is 24.3 Å². The highest BCUT2D eigenvalue weighted by atomic mass is 16.3. The van der Waals surface area contributed by atoms with Crippen molar-refractivity contribution in [1.82, 2.24) is 10.2 Å². The zero-order chi connectivity index (χ0) is 14.4. The van der Waals surface area contributed by atoms with Gasteiger partial charge in [-0.15, -0.1) is 0 Å². The maximum Gasteiger partial charge on any atom is 0.226 e. The second-order valence-electron chi connectivity index (χ2n) is 6.94. The molecule has 0 radical (unpaired) electrons. The molecule has 0 saturated carbocycles. The number of nitrogens with zero attached hydrogens (tertiary/aromatic N) is 1. The Morgan fingerprint density at radius 3 is 2.67 bits per heavy atom. The summed E-state index contributed by atoms with van der Waals surface area (Å²) >= 11 is 0. The van der Waals surface area contributed by atoms with Crippen molar-refractivity contribution in [3.63, 3.8) is 0 Å². The van der Waals surface area contributed by atoms with Crippen LogP contribution in [-0.4, -0.2) is 48.7 Å². The highest BCUT2D eigenvalue weighted by Gasteiger charge is 2.51. The molecule has 2 fully saturated rings. The quantitative estimate of drug-likeness (QED) is 0.829. The van der Waals surface area contributed by atoms with Gasteiger partial charge < -0.3 is 15.3 Å². The topological polar surface area (TPSA) is 52.6 Å². The molecule has 2 N–H and O–H groups in total. The molecular weight excluding hydrogens is 264 g/mol. The van der Waals surface area contributed by atoms with Crippen molar-refractivity contribution in [1.29, 1.82) is 0 Å². The van der Waals surface area contributed by atoms with Crippen molar-refractivity contribution in [2.45, 2.75) is 12.8 Å². The van der Waals surface area contributed by atoms with Crippen molar-refractivity contribution < 1.29 is 9.90 Å². The van der Waals surface area contributed by atoms with Crippen LogP contribution in [0.3, 0.4) is 0 Å². The molecule has 2 aliphatic heterocycles. The first kappa shape index (κ1) is 13.3.